The van der Waals surface area contributed by atoms with E-state index in [1.165, 1.54) is 12.6 Å². The lowest BCUT2D eigenvalue weighted by Crippen LogP contribution is -2.38. The van der Waals surface area contributed by atoms with E-state index in [4.69, 9.17) is 4.42 Å². The predicted octanol–water partition coefficient (Wildman–Crippen LogP) is 1.90. The largest absolute Gasteiger partial charge is 0.411 e. The van der Waals surface area contributed by atoms with Crippen molar-refractivity contribution in [2.24, 2.45) is 0 Å². The maximum absolute atomic E-state index is 11.5. The number of carbonyl (C=O) groups is 2. The topological polar surface area (TPSA) is 97.1 Å². The summed E-state index contributed by atoms with van der Waals surface area (Å²) in [5.41, 5.74) is 3.15. The van der Waals surface area contributed by atoms with Crippen LogP contribution in [0.2, 0.25) is 0 Å². The van der Waals surface area contributed by atoms with Gasteiger partial charge in [-0.25, -0.2) is 4.79 Å². The van der Waals surface area contributed by atoms with E-state index < -0.39 is 11.9 Å². The van der Waals surface area contributed by atoms with Crippen molar-refractivity contribution in [3.05, 3.63) is 29.3 Å². The third-order valence-corrected chi connectivity index (χ3v) is 3.79. The zero-order valence-electron chi connectivity index (χ0n) is 12.5. The van der Waals surface area contributed by atoms with Crippen LogP contribution in [0.1, 0.15) is 11.1 Å². The Morgan fingerprint density at radius 3 is 2.68 bits per heavy atom. The molecule has 0 unspecified atom stereocenters. The molecule has 2 rings (SSSR count). The van der Waals surface area contributed by atoms with Gasteiger partial charge in [-0.15, -0.1) is 10.2 Å². The smallest absolute Gasteiger partial charge is 0.321 e. The van der Waals surface area contributed by atoms with Crippen LogP contribution in [0.15, 0.2) is 27.8 Å². The predicted molar refractivity (Wildman–Crippen MR) is 82.5 cm³/mol. The first-order valence-corrected chi connectivity index (χ1v) is 7.53. The van der Waals surface area contributed by atoms with Crippen LogP contribution >= 0.6 is 11.8 Å². The quantitative estimate of drug-likeness (QED) is 0.835. The number of nitrogens with zero attached hydrogens (tertiary/aromatic N) is 2. The Morgan fingerprint density at radius 1 is 1.23 bits per heavy atom. The highest BCUT2D eigenvalue weighted by Gasteiger charge is 2.12. The molecule has 7 nitrogen and oxygen atoms in total. The number of thioether (sulfide) groups is 1. The fourth-order valence-corrected chi connectivity index (χ4v) is 2.17. The van der Waals surface area contributed by atoms with E-state index in [1.54, 1.807) is 0 Å². The Bertz CT molecular complexity index is 699. The molecule has 0 saturated heterocycles. The summed E-state index contributed by atoms with van der Waals surface area (Å²) in [7, 11) is 1.43. The molecule has 1 heterocycles. The molecule has 0 bridgehead atoms. The normalized spacial score (nSPS) is 10.3. The van der Waals surface area contributed by atoms with E-state index in [0.717, 1.165) is 22.9 Å². The van der Waals surface area contributed by atoms with Crippen LogP contribution in [0, 0.1) is 13.8 Å². The molecule has 2 N–H and O–H groups in total. The lowest BCUT2D eigenvalue weighted by Gasteiger charge is -2.01. The molecule has 2 aromatic rings. The Balaban J connectivity index is 1.98. The van der Waals surface area contributed by atoms with E-state index in [9.17, 15) is 9.59 Å². The Morgan fingerprint density at radius 2 is 2.00 bits per heavy atom. The van der Waals surface area contributed by atoms with Crippen LogP contribution in [0.25, 0.3) is 11.5 Å². The van der Waals surface area contributed by atoms with Gasteiger partial charge in [-0.1, -0.05) is 17.8 Å². The number of hydrogen-bond acceptors (Lipinski definition) is 6. The van der Waals surface area contributed by atoms with Gasteiger partial charge < -0.3 is 9.73 Å². The summed E-state index contributed by atoms with van der Waals surface area (Å²) in [6.07, 6.45) is 0. The number of benzene rings is 1. The van der Waals surface area contributed by atoms with Gasteiger partial charge in [-0.05, 0) is 37.1 Å². The second-order valence-electron chi connectivity index (χ2n) is 4.59. The van der Waals surface area contributed by atoms with Gasteiger partial charge in [0.25, 0.3) is 5.22 Å². The lowest BCUT2D eigenvalue weighted by molar-refractivity contribution is -0.117. The molecule has 0 spiro atoms. The van der Waals surface area contributed by atoms with Gasteiger partial charge in [0.15, 0.2) is 0 Å². The Labute approximate surface area is 131 Å². The van der Waals surface area contributed by atoms with Crippen molar-refractivity contribution in [1.29, 1.82) is 0 Å². The molecule has 1 aromatic heterocycles. The van der Waals surface area contributed by atoms with E-state index in [2.05, 4.69) is 20.8 Å². The number of aryl methyl sites for hydroxylation is 2. The van der Waals surface area contributed by atoms with Crippen LogP contribution in [-0.4, -0.2) is 34.9 Å². The van der Waals surface area contributed by atoms with Crippen molar-refractivity contribution in [3.8, 4) is 11.5 Å². The number of hydrogen-bond donors (Lipinski definition) is 2. The van der Waals surface area contributed by atoms with Crippen molar-refractivity contribution in [2.75, 3.05) is 12.8 Å². The lowest BCUT2D eigenvalue weighted by atomic mass is 10.1. The van der Waals surface area contributed by atoms with Gasteiger partial charge in [-0.2, -0.15) is 0 Å². The van der Waals surface area contributed by atoms with Crippen molar-refractivity contribution < 1.29 is 14.0 Å². The number of aromatic nitrogens is 2. The molecule has 0 saturated carbocycles. The molecular weight excluding hydrogens is 304 g/mol. The second-order valence-corrected chi connectivity index (χ2v) is 5.51. The number of imide groups is 1. The van der Waals surface area contributed by atoms with Crippen LogP contribution < -0.4 is 10.6 Å². The molecule has 0 atom stereocenters. The van der Waals surface area contributed by atoms with Gasteiger partial charge in [0.1, 0.15) is 0 Å². The molecule has 0 fully saturated rings. The number of nitrogens with one attached hydrogen (secondary N) is 2. The molecular formula is C14H16N4O3S. The van der Waals surface area contributed by atoms with E-state index in [-0.39, 0.29) is 11.0 Å². The standard InChI is InChI=1S/C14H16N4O3S/c1-8-4-5-10(6-9(8)2)12-17-18-14(21-12)22-7-11(19)16-13(20)15-3/h4-6H,7H2,1-3H3,(H2,15,16,19,20). The molecule has 22 heavy (non-hydrogen) atoms. The SMILES string of the molecule is CNC(=O)NC(=O)CSc1nnc(-c2ccc(C)c(C)c2)o1. The summed E-state index contributed by atoms with van der Waals surface area (Å²) in [5, 5.41) is 12.6. The van der Waals surface area contributed by atoms with E-state index in [0.29, 0.717) is 5.89 Å². The number of carbonyl (C=O) groups excluding carboxylic acids is 2. The third kappa shape index (κ3) is 4.08. The molecule has 0 aliphatic heterocycles. The number of amides is 3. The number of urea groups is 1. The molecule has 0 aliphatic rings. The fourth-order valence-electron chi connectivity index (χ4n) is 1.61. The molecule has 116 valence electrons. The summed E-state index contributed by atoms with van der Waals surface area (Å²) in [6.45, 7) is 4.03. The van der Waals surface area contributed by atoms with Crippen molar-refractivity contribution in [1.82, 2.24) is 20.8 Å². The van der Waals surface area contributed by atoms with Gasteiger partial charge in [0.05, 0.1) is 5.75 Å². The summed E-state index contributed by atoms with van der Waals surface area (Å²) in [4.78, 5) is 22.4. The Kier molecular flexibility index (Phi) is 5.16. The summed E-state index contributed by atoms with van der Waals surface area (Å²) >= 11 is 1.07. The maximum atomic E-state index is 11.5. The summed E-state index contributed by atoms with van der Waals surface area (Å²) in [6, 6.07) is 5.31. The molecule has 8 heteroatoms. The average Bonchev–Trinajstić information content (AvgIpc) is 2.96. The van der Waals surface area contributed by atoms with Crippen LogP contribution in [0.3, 0.4) is 0 Å². The first-order valence-electron chi connectivity index (χ1n) is 6.55. The van der Waals surface area contributed by atoms with Crippen LogP contribution in [-0.2, 0) is 4.79 Å². The molecule has 1 aromatic carbocycles. The zero-order chi connectivity index (χ0) is 16.1. The van der Waals surface area contributed by atoms with Gasteiger partial charge in [-0.3, -0.25) is 10.1 Å². The molecule has 0 radical (unpaired) electrons. The highest BCUT2D eigenvalue weighted by molar-refractivity contribution is 7.99. The second kappa shape index (κ2) is 7.08. The van der Waals surface area contributed by atoms with Crippen molar-refractivity contribution >= 4 is 23.7 Å². The van der Waals surface area contributed by atoms with E-state index >= 15 is 0 Å². The highest BCUT2D eigenvalue weighted by Crippen LogP contribution is 2.24. The van der Waals surface area contributed by atoms with E-state index in [1.807, 2.05) is 32.0 Å². The maximum Gasteiger partial charge on any atom is 0.321 e. The molecule has 0 aliphatic carbocycles. The fraction of sp³-hybridized carbons (Fsp3) is 0.286. The van der Waals surface area contributed by atoms with Gasteiger partial charge in [0.2, 0.25) is 11.8 Å². The zero-order valence-corrected chi connectivity index (χ0v) is 13.3. The first-order chi connectivity index (χ1) is 10.5. The van der Waals surface area contributed by atoms with Gasteiger partial charge in [0, 0.05) is 12.6 Å². The first kappa shape index (κ1) is 16.0. The van der Waals surface area contributed by atoms with Crippen LogP contribution in [0.5, 0.6) is 0 Å². The Hall–Kier alpha value is -2.35. The highest BCUT2D eigenvalue weighted by atomic mass is 32.2. The molecule has 3 amide bonds. The number of rotatable bonds is 4. The van der Waals surface area contributed by atoms with Crippen molar-refractivity contribution in [2.45, 2.75) is 19.1 Å². The monoisotopic (exact) mass is 320 g/mol. The summed E-state index contributed by atoms with van der Waals surface area (Å²) in [5.74, 6) is -0.0188. The minimum Gasteiger partial charge on any atom is -0.411 e. The van der Waals surface area contributed by atoms with Gasteiger partial charge >= 0.3 is 6.03 Å². The van der Waals surface area contributed by atoms with Crippen molar-refractivity contribution in [3.63, 3.8) is 0 Å². The van der Waals surface area contributed by atoms with Crippen LogP contribution in [0.4, 0.5) is 4.79 Å². The minimum absolute atomic E-state index is 0.0159. The average molecular weight is 320 g/mol. The third-order valence-electron chi connectivity index (χ3n) is 2.97. The summed E-state index contributed by atoms with van der Waals surface area (Å²) < 4.78 is 5.51. The minimum atomic E-state index is -0.549.